The van der Waals surface area contributed by atoms with Gasteiger partial charge in [0.05, 0.1) is 19.3 Å². The van der Waals surface area contributed by atoms with Crippen LogP contribution >= 0.6 is 0 Å². The van der Waals surface area contributed by atoms with E-state index in [4.69, 9.17) is 18.9 Å². The predicted octanol–water partition coefficient (Wildman–Crippen LogP) is 0.882. The highest BCUT2D eigenvalue weighted by molar-refractivity contribution is 4.75. The van der Waals surface area contributed by atoms with Crippen LogP contribution in [-0.2, 0) is 18.9 Å². The van der Waals surface area contributed by atoms with E-state index in [-0.39, 0.29) is 12.6 Å². The van der Waals surface area contributed by atoms with Crippen molar-refractivity contribution in [1.82, 2.24) is 0 Å². The SMILES string of the molecule is COC1CC(OC)OC/C=C\O1. The molecular weight excluding hydrogens is 160 g/mol. The highest BCUT2D eigenvalue weighted by atomic mass is 16.7. The molecule has 0 amide bonds. The highest BCUT2D eigenvalue weighted by Crippen LogP contribution is 2.10. The summed E-state index contributed by atoms with van der Waals surface area (Å²) in [5.74, 6) is 0. The van der Waals surface area contributed by atoms with E-state index in [0.717, 1.165) is 0 Å². The molecule has 0 aromatic rings. The first-order valence-corrected chi connectivity index (χ1v) is 3.84. The smallest absolute Gasteiger partial charge is 0.203 e. The topological polar surface area (TPSA) is 36.9 Å². The standard InChI is InChI=1S/C8H14O4/c1-9-7-6-8(10-2)12-5-3-4-11-7/h3-4,7-8H,5-6H2,1-2H3/b4-3-. The summed E-state index contributed by atoms with van der Waals surface area (Å²) in [5.41, 5.74) is 0. The van der Waals surface area contributed by atoms with Crippen molar-refractivity contribution in [3.8, 4) is 0 Å². The minimum absolute atomic E-state index is 0.250. The zero-order chi connectivity index (χ0) is 8.81. The molecule has 1 heterocycles. The van der Waals surface area contributed by atoms with Crippen LogP contribution in [0.15, 0.2) is 12.3 Å². The predicted molar refractivity (Wildman–Crippen MR) is 42.4 cm³/mol. The Hall–Kier alpha value is -0.580. The first-order chi connectivity index (χ1) is 5.86. The molecule has 0 saturated carbocycles. The van der Waals surface area contributed by atoms with E-state index in [2.05, 4.69) is 0 Å². The average Bonchev–Trinajstić information content (AvgIpc) is 2.05. The Morgan fingerprint density at radius 3 is 2.67 bits per heavy atom. The van der Waals surface area contributed by atoms with E-state index >= 15 is 0 Å². The lowest BCUT2D eigenvalue weighted by atomic mass is 10.4. The molecule has 70 valence electrons. The lowest BCUT2D eigenvalue weighted by molar-refractivity contribution is -0.183. The molecule has 2 atom stereocenters. The van der Waals surface area contributed by atoms with Gasteiger partial charge in [-0.25, -0.2) is 0 Å². The first kappa shape index (κ1) is 9.51. The average molecular weight is 174 g/mol. The van der Waals surface area contributed by atoms with Crippen LogP contribution in [0.4, 0.5) is 0 Å². The fraction of sp³-hybridized carbons (Fsp3) is 0.750. The lowest BCUT2D eigenvalue weighted by Gasteiger charge is -2.22. The van der Waals surface area contributed by atoms with Crippen molar-refractivity contribution in [2.45, 2.75) is 19.0 Å². The lowest BCUT2D eigenvalue weighted by Crippen LogP contribution is -2.26. The van der Waals surface area contributed by atoms with Crippen molar-refractivity contribution in [1.29, 1.82) is 0 Å². The van der Waals surface area contributed by atoms with Gasteiger partial charge in [0.1, 0.15) is 0 Å². The maximum atomic E-state index is 5.30. The van der Waals surface area contributed by atoms with Gasteiger partial charge in [-0.05, 0) is 6.08 Å². The highest BCUT2D eigenvalue weighted by Gasteiger charge is 2.17. The summed E-state index contributed by atoms with van der Waals surface area (Å²) in [5, 5.41) is 0. The van der Waals surface area contributed by atoms with Gasteiger partial charge in [-0.15, -0.1) is 0 Å². The number of ether oxygens (including phenoxy) is 4. The maximum Gasteiger partial charge on any atom is 0.203 e. The minimum Gasteiger partial charge on any atom is -0.473 e. The van der Waals surface area contributed by atoms with Crippen LogP contribution in [0.25, 0.3) is 0 Å². The molecule has 4 nitrogen and oxygen atoms in total. The Labute approximate surface area is 72.1 Å². The van der Waals surface area contributed by atoms with Crippen molar-refractivity contribution in [2.24, 2.45) is 0 Å². The van der Waals surface area contributed by atoms with E-state index in [0.29, 0.717) is 13.0 Å². The van der Waals surface area contributed by atoms with E-state index in [9.17, 15) is 0 Å². The molecule has 0 spiro atoms. The van der Waals surface area contributed by atoms with Gasteiger partial charge in [-0.1, -0.05) is 0 Å². The second-order valence-corrected chi connectivity index (χ2v) is 2.41. The quantitative estimate of drug-likeness (QED) is 0.622. The Balaban J connectivity index is 2.43. The second-order valence-electron chi connectivity index (χ2n) is 2.41. The molecule has 0 aromatic carbocycles. The molecule has 0 radical (unpaired) electrons. The zero-order valence-electron chi connectivity index (χ0n) is 7.36. The van der Waals surface area contributed by atoms with Gasteiger partial charge >= 0.3 is 0 Å². The van der Waals surface area contributed by atoms with E-state index < -0.39 is 0 Å². The van der Waals surface area contributed by atoms with Crippen molar-refractivity contribution in [2.75, 3.05) is 20.8 Å². The van der Waals surface area contributed by atoms with E-state index in [1.165, 1.54) is 0 Å². The van der Waals surface area contributed by atoms with Crippen molar-refractivity contribution >= 4 is 0 Å². The molecule has 0 N–H and O–H groups in total. The summed E-state index contributed by atoms with van der Waals surface area (Å²) in [6.45, 7) is 0.509. The monoisotopic (exact) mass is 174 g/mol. The van der Waals surface area contributed by atoms with Crippen LogP contribution < -0.4 is 0 Å². The Morgan fingerprint density at radius 2 is 2.00 bits per heavy atom. The zero-order valence-corrected chi connectivity index (χ0v) is 7.36. The summed E-state index contributed by atoms with van der Waals surface area (Å²) in [4.78, 5) is 0. The largest absolute Gasteiger partial charge is 0.473 e. The van der Waals surface area contributed by atoms with Crippen molar-refractivity contribution in [3.63, 3.8) is 0 Å². The number of hydrogen-bond donors (Lipinski definition) is 0. The van der Waals surface area contributed by atoms with Gasteiger partial charge < -0.3 is 18.9 Å². The molecule has 1 aliphatic rings. The summed E-state index contributed by atoms with van der Waals surface area (Å²) in [6.07, 6.45) is 3.40. The molecule has 1 rings (SSSR count). The van der Waals surface area contributed by atoms with Crippen molar-refractivity contribution in [3.05, 3.63) is 12.3 Å². The summed E-state index contributed by atoms with van der Waals surface area (Å²) >= 11 is 0. The third-order valence-corrected chi connectivity index (χ3v) is 1.62. The number of hydrogen-bond acceptors (Lipinski definition) is 4. The fourth-order valence-corrected chi connectivity index (χ4v) is 0.942. The van der Waals surface area contributed by atoms with Crippen LogP contribution in [-0.4, -0.2) is 33.4 Å². The van der Waals surface area contributed by atoms with E-state index in [1.807, 2.05) is 0 Å². The van der Waals surface area contributed by atoms with Gasteiger partial charge in [-0.2, -0.15) is 0 Å². The normalized spacial score (nSPS) is 33.2. The molecule has 0 aromatic heterocycles. The maximum absolute atomic E-state index is 5.30. The van der Waals surface area contributed by atoms with Crippen LogP contribution in [0.5, 0.6) is 0 Å². The Bertz CT molecular complexity index is 146. The van der Waals surface area contributed by atoms with Crippen LogP contribution in [0.1, 0.15) is 6.42 Å². The van der Waals surface area contributed by atoms with E-state index in [1.54, 1.807) is 26.6 Å². The third-order valence-electron chi connectivity index (χ3n) is 1.62. The van der Waals surface area contributed by atoms with Crippen LogP contribution in [0.2, 0.25) is 0 Å². The third kappa shape index (κ3) is 2.81. The molecule has 0 fully saturated rings. The minimum atomic E-state index is -0.286. The van der Waals surface area contributed by atoms with Gasteiger partial charge in [0.15, 0.2) is 6.29 Å². The fourth-order valence-electron chi connectivity index (χ4n) is 0.942. The molecule has 0 bridgehead atoms. The van der Waals surface area contributed by atoms with Crippen LogP contribution in [0, 0.1) is 0 Å². The van der Waals surface area contributed by atoms with Gasteiger partial charge in [0.2, 0.25) is 6.29 Å². The molecule has 12 heavy (non-hydrogen) atoms. The molecule has 2 unspecified atom stereocenters. The van der Waals surface area contributed by atoms with Crippen LogP contribution in [0.3, 0.4) is 0 Å². The van der Waals surface area contributed by atoms with Gasteiger partial charge in [0, 0.05) is 14.2 Å². The molecule has 0 saturated heterocycles. The summed E-state index contributed by atoms with van der Waals surface area (Å²) < 4.78 is 20.6. The van der Waals surface area contributed by atoms with Crippen molar-refractivity contribution < 1.29 is 18.9 Å². The van der Waals surface area contributed by atoms with Gasteiger partial charge in [-0.3, -0.25) is 0 Å². The Morgan fingerprint density at radius 1 is 1.25 bits per heavy atom. The molecular formula is C8H14O4. The summed E-state index contributed by atoms with van der Waals surface area (Å²) in [7, 11) is 3.19. The number of methoxy groups -OCH3 is 2. The molecule has 0 aliphatic carbocycles. The Kier molecular flexibility index (Phi) is 4.07. The number of rotatable bonds is 2. The molecule has 4 heteroatoms. The first-order valence-electron chi connectivity index (χ1n) is 3.84. The molecule has 1 aliphatic heterocycles. The van der Waals surface area contributed by atoms with Gasteiger partial charge in [0.25, 0.3) is 0 Å². The second kappa shape index (κ2) is 5.13. The summed E-state index contributed by atoms with van der Waals surface area (Å²) in [6, 6.07) is 0.